The molecule has 1 aromatic rings. The second-order valence-electron chi connectivity index (χ2n) is 4.28. The molecular formula is C13H13Cl3Ti. The maximum absolute atomic E-state index is 2.39. The zero-order valence-corrected chi connectivity index (χ0v) is 13.2. The molecular weight excluding hydrogens is 310 g/mol. The van der Waals surface area contributed by atoms with Gasteiger partial charge in [-0.2, -0.15) is 0 Å². The zero-order chi connectivity index (χ0) is 9.54. The van der Waals surface area contributed by atoms with Gasteiger partial charge in [-0.3, -0.25) is 0 Å². The molecule has 0 radical (unpaired) electrons. The fourth-order valence-electron chi connectivity index (χ4n) is 2.74. The summed E-state index contributed by atoms with van der Waals surface area (Å²) in [5, 5.41) is 0. The second-order valence-corrected chi connectivity index (χ2v) is 5.37. The van der Waals surface area contributed by atoms with Gasteiger partial charge in [0.05, 0.1) is 0 Å². The Hall–Kier alpha value is 0.544. The van der Waals surface area contributed by atoms with Crippen molar-refractivity contribution in [2.75, 3.05) is 0 Å². The Morgan fingerprint density at radius 2 is 1.76 bits per heavy atom. The molecule has 0 amide bonds. The Morgan fingerprint density at radius 1 is 1.06 bits per heavy atom. The molecule has 2 aliphatic rings. The van der Waals surface area contributed by atoms with Crippen molar-refractivity contribution in [1.82, 2.24) is 0 Å². The third-order valence-electron chi connectivity index (χ3n) is 3.45. The van der Waals surface area contributed by atoms with Crippen LogP contribution in [0.5, 0.6) is 0 Å². The van der Waals surface area contributed by atoms with Gasteiger partial charge in [-0.1, -0.05) is 0 Å². The summed E-state index contributed by atoms with van der Waals surface area (Å²) >= 11 is 2.39. The molecule has 1 unspecified atom stereocenters. The van der Waals surface area contributed by atoms with Crippen LogP contribution in [0.1, 0.15) is 30.4 Å². The summed E-state index contributed by atoms with van der Waals surface area (Å²) in [6.07, 6.45) is 5.32. The Balaban J connectivity index is 0.000000853. The van der Waals surface area contributed by atoms with E-state index in [-0.39, 0.29) is 37.2 Å². The summed E-state index contributed by atoms with van der Waals surface area (Å²) in [6.45, 7) is 0. The van der Waals surface area contributed by atoms with Crippen molar-refractivity contribution < 1.29 is 57.7 Å². The number of halogens is 3. The van der Waals surface area contributed by atoms with Gasteiger partial charge in [-0.25, -0.2) is 0 Å². The first kappa shape index (κ1) is 17.5. The molecule has 0 spiro atoms. The van der Waals surface area contributed by atoms with E-state index in [0.29, 0.717) is 0 Å². The van der Waals surface area contributed by atoms with Crippen LogP contribution in [0.15, 0.2) is 29.8 Å². The van der Waals surface area contributed by atoms with Crippen LogP contribution in [0.2, 0.25) is 4.22 Å². The molecule has 3 rings (SSSR count). The second kappa shape index (κ2) is 7.21. The summed E-state index contributed by atoms with van der Waals surface area (Å²) in [5.74, 6) is 0. The minimum atomic E-state index is 0. The number of hydrogen-bond donors (Lipinski definition) is 0. The molecule has 0 bridgehead atoms. The van der Waals surface area contributed by atoms with Crippen molar-refractivity contribution in [2.45, 2.75) is 29.9 Å². The number of rotatable bonds is 0. The number of fused-ring (bicyclic) bond motifs is 2. The molecule has 0 N–H and O–H groups in total. The van der Waals surface area contributed by atoms with Gasteiger partial charge in [0.25, 0.3) is 0 Å². The van der Waals surface area contributed by atoms with E-state index < -0.39 is 0 Å². The Morgan fingerprint density at radius 3 is 2.53 bits per heavy atom. The van der Waals surface area contributed by atoms with Gasteiger partial charge < -0.3 is 37.2 Å². The zero-order valence-electron chi connectivity index (χ0n) is 9.35. The fourth-order valence-corrected chi connectivity index (χ4v) is 3.49. The van der Waals surface area contributed by atoms with Crippen molar-refractivity contribution in [1.29, 1.82) is 0 Å². The SMILES string of the molecule is [Cl-].[Cl-].[Cl-].[Ti+3][CH]1CCCC2=C1Cc1ccccc12. The number of hydrogen-bond acceptors (Lipinski definition) is 0. The van der Waals surface area contributed by atoms with Crippen LogP contribution in [-0.4, -0.2) is 0 Å². The van der Waals surface area contributed by atoms with Gasteiger partial charge in [0.1, 0.15) is 0 Å². The van der Waals surface area contributed by atoms with Crippen molar-refractivity contribution in [3.8, 4) is 0 Å². The summed E-state index contributed by atoms with van der Waals surface area (Å²) in [4.78, 5) is 0. The fraction of sp³-hybridized carbons (Fsp3) is 0.385. The Bertz CT molecular complexity index is 415. The minimum absolute atomic E-state index is 0. The van der Waals surface area contributed by atoms with Crippen LogP contribution in [0.25, 0.3) is 5.57 Å². The first-order valence-corrected chi connectivity index (χ1v) is 6.28. The van der Waals surface area contributed by atoms with E-state index in [9.17, 15) is 0 Å². The molecule has 0 saturated heterocycles. The molecule has 17 heavy (non-hydrogen) atoms. The summed E-state index contributed by atoms with van der Waals surface area (Å²) in [5.41, 5.74) is 6.53. The number of allylic oxidation sites excluding steroid dienone is 2. The van der Waals surface area contributed by atoms with Crippen LogP contribution < -0.4 is 37.2 Å². The first-order chi connectivity index (χ1) is 6.86. The van der Waals surface area contributed by atoms with Crippen LogP contribution in [-0.2, 0) is 26.9 Å². The number of benzene rings is 1. The van der Waals surface area contributed by atoms with Crippen molar-refractivity contribution >= 4 is 5.57 Å². The molecule has 2 aliphatic carbocycles. The van der Waals surface area contributed by atoms with E-state index in [1.807, 2.05) is 0 Å². The Labute approximate surface area is 133 Å². The van der Waals surface area contributed by atoms with Crippen LogP contribution in [0.3, 0.4) is 0 Å². The van der Waals surface area contributed by atoms with E-state index in [1.54, 1.807) is 22.3 Å². The molecule has 0 saturated carbocycles. The predicted octanol–water partition coefficient (Wildman–Crippen LogP) is -5.47. The van der Waals surface area contributed by atoms with Gasteiger partial charge in [-0.15, -0.1) is 0 Å². The van der Waals surface area contributed by atoms with Crippen LogP contribution >= 0.6 is 0 Å². The quantitative estimate of drug-likeness (QED) is 0.418. The van der Waals surface area contributed by atoms with Crippen molar-refractivity contribution in [2.24, 2.45) is 0 Å². The van der Waals surface area contributed by atoms with E-state index in [1.165, 1.54) is 25.7 Å². The van der Waals surface area contributed by atoms with Gasteiger partial charge >= 0.3 is 96.9 Å². The topological polar surface area (TPSA) is 0 Å². The summed E-state index contributed by atoms with van der Waals surface area (Å²) < 4.78 is 0.825. The van der Waals surface area contributed by atoms with E-state index in [2.05, 4.69) is 44.7 Å². The first-order valence-electron chi connectivity index (χ1n) is 5.37. The molecule has 1 atom stereocenters. The Kier molecular flexibility index (Phi) is 7.44. The van der Waals surface area contributed by atoms with Gasteiger partial charge in [0.15, 0.2) is 0 Å². The molecule has 0 aliphatic heterocycles. The molecule has 0 heterocycles. The van der Waals surface area contributed by atoms with E-state index in [0.717, 1.165) is 4.22 Å². The van der Waals surface area contributed by atoms with Gasteiger partial charge in [-0.05, 0) is 0 Å². The average Bonchev–Trinajstić information content (AvgIpc) is 2.59. The third-order valence-corrected chi connectivity index (χ3v) is 4.45. The molecule has 0 nitrogen and oxygen atoms in total. The maximum atomic E-state index is 2.39. The molecule has 0 aromatic heterocycles. The molecule has 0 fully saturated rings. The van der Waals surface area contributed by atoms with Crippen LogP contribution in [0.4, 0.5) is 0 Å². The average molecular weight is 323 g/mol. The van der Waals surface area contributed by atoms with Crippen LogP contribution in [0, 0.1) is 0 Å². The van der Waals surface area contributed by atoms with E-state index >= 15 is 0 Å². The van der Waals surface area contributed by atoms with Crippen molar-refractivity contribution in [3.05, 3.63) is 41.0 Å². The molecule has 4 heteroatoms. The third kappa shape index (κ3) is 3.11. The summed E-state index contributed by atoms with van der Waals surface area (Å²) in [7, 11) is 0. The molecule has 1 aromatic carbocycles. The monoisotopic (exact) mass is 322 g/mol. The van der Waals surface area contributed by atoms with E-state index in [4.69, 9.17) is 0 Å². The standard InChI is InChI=1S/C13H13.3ClH.Ti/c1-3-7-12-10(5-1)9-11-6-2-4-8-13(11)12;;;;/h1,3,5-7H,2,4,8-9H2;3*1H;/q;;;;+3/p-3. The van der Waals surface area contributed by atoms with Crippen molar-refractivity contribution in [3.63, 3.8) is 0 Å². The normalized spacial score (nSPS) is 20.5. The van der Waals surface area contributed by atoms with Gasteiger partial charge in [0, 0.05) is 0 Å². The van der Waals surface area contributed by atoms with Gasteiger partial charge in [0.2, 0.25) is 0 Å². The molecule has 90 valence electrons. The predicted molar refractivity (Wildman–Crippen MR) is 54.7 cm³/mol. The summed E-state index contributed by atoms with van der Waals surface area (Å²) in [6, 6.07) is 8.94.